The summed E-state index contributed by atoms with van der Waals surface area (Å²) >= 11 is 12.1. The second-order valence-electron chi connectivity index (χ2n) is 9.05. The number of fused-ring (bicyclic) bond motifs is 1. The molecule has 0 amide bonds. The molecule has 1 aliphatic rings. The minimum atomic E-state index is 0.0753. The van der Waals surface area contributed by atoms with Crippen LogP contribution in [0.15, 0.2) is 109 Å². The second-order valence-corrected chi connectivity index (χ2v) is 9.80. The number of anilines is 3. The number of hydrogen-bond donors (Lipinski definition) is 0. The van der Waals surface area contributed by atoms with Crippen LogP contribution < -0.4 is 14.7 Å². The van der Waals surface area contributed by atoms with Crippen LogP contribution in [0.25, 0.3) is 0 Å². The van der Waals surface area contributed by atoms with Crippen molar-refractivity contribution in [3.05, 3.63) is 126 Å². The van der Waals surface area contributed by atoms with Gasteiger partial charge in [-0.05, 0) is 41.0 Å². The number of nitrogens with zero attached hydrogens (tertiary/aromatic N) is 3. The average molecular weight is 517 g/mol. The largest absolute Gasteiger partial charge is 0.369 e. The maximum absolute atomic E-state index is 6.06. The van der Waals surface area contributed by atoms with E-state index in [0.717, 1.165) is 31.9 Å². The van der Waals surface area contributed by atoms with Crippen LogP contribution in [-0.2, 0) is 13.1 Å². The predicted molar refractivity (Wildman–Crippen MR) is 155 cm³/mol. The van der Waals surface area contributed by atoms with Gasteiger partial charge in [0.1, 0.15) is 6.17 Å². The zero-order valence-corrected chi connectivity index (χ0v) is 21.8. The van der Waals surface area contributed by atoms with Gasteiger partial charge in [0.15, 0.2) is 0 Å². The minimum absolute atomic E-state index is 0.0753. The third-order valence-corrected chi connectivity index (χ3v) is 7.09. The molecule has 0 radical (unpaired) electrons. The van der Waals surface area contributed by atoms with Crippen LogP contribution in [0.5, 0.6) is 0 Å². The fourth-order valence-corrected chi connectivity index (χ4v) is 5.48. The Bertz CT molecular complexity index is 1160. The molecular weight excluding hydrogens is 485 g/mol. The topological polar surface area (TPSA) is 9.72 Å². The molecule has 4 aromatic carbocycles. The lowest BCUT2D eigenvalue weighted by atomic mass is 10.1. The molecule has 0 saturated heterocycles. The first-order chi connectivity index (χ1) is 17.8. The first-order valence-electron chi connectivity index (χ1n) is 12.5. The van der Waals surface area contributed by atoms with Crippen LogP contribution >= 0.6 is 23.2 Å². The van der Waals surface area contributed by atoms with Crippen LogP contribution in [0.2, 0.25) is 0 Å². The zero-order valence-electron chi connectivity index (χ0n) is 20.3. The highest BCUT2D eigenvalue weighted by atomic mass is 35.5. The van der Waals surface area contributed by atoms with Crippen molar-refractivity contribution in [2.75, 3.05) is 39.5 Å². The van der Waals surface area contributed by atoms with E-state index in [1.165, 1.54) is 28.1 Å². The van der Waals surface area contributed by atoms with E-state index in [2.05, 4.69) is 124 Å². The quantitative estimate of drug-likeness (QED) is 0.200. The van der Waals surface area contributed by atoms with Gasteiger partial charge in [0.2, 0.25) is 0 Å². The van der Waals surface area contributed by atoms with Gasteiger partial charge >= 0.3 is 0 Å². The van der Waals surface area contributed by atoms with E-state index < -0.39 is 0 Å². The molecule has 1 heterocycles. The number of hydrogen-bond acceptors (Lipinski definition) is 3. The summed E-state index contributed by atoms with van der Waals surface area (Å²) in [6.45, 7) is 3.23. The van der Waals surface area contributed by atoms with Crippen molar-refractivity contribution < 1.29 is 0 Å². The minimum Gasteiger partial charge on any atom is -0.369 e. The molecule has 184 valence electrons. The third-order valence-electron chi connectivity index (χ3n) is 6.75. The molecule has 36 heavy (non-hydrogen) atoms. The Morgan fingerprint density at radius 1 is 0.556 bits per heavy atom. The first kappa shape index (κ1) is 24.5. The lowest BCUT2D eigenvalue weighted by molar-refractivity contribution is 0.603. The number of alkyl halides is 2. The Hall–Kier alpha value is -3.14. The summed E-state index contributed by atoms with van der Waals surface area (Å²) in [7, 11) is 0. The highest BCUT2D eigenvalue weighted by molar-refractivity contribution is 6.18. The van der Waals surface area contributed by atoms with Crippen LogP contribution in [0.4, 0.5) is 17.1 Å². The SMILES string of the molecule is ClCCN(CCCl)c1ccc(C2N(Cc3ccccc3)c3ccccc3N2Cc2ccccc2)cc1. The Balaban J connectivity index is 1.54. The summed E-state index contributed by atoms with van der Waals surface area (Å²) in [6.07, 6.45) is 0.0753. The number of halogens is 2. The molecule has 0 atom stereocenters. The Kier molecular flexibility index (Phi) is 8.00. The van der Waals surface area contributed by atoms with Crippen molar-refractivity contribution in [1.82, 2.24) is 0 Å². The van der Waals surface area contributed by atoms with Crippen LogP contribution in [0.3, 0.4) is 0 Å². The fourth-order valence-electron chi connectivity index (χ4n) is 5.08. The second kappa shape index (κ2) is 11.7. The monoisotopic (exact) mass is 515 g/mol. The maximum Gasteiger partial charge on any atom is 0.129 e. The molecule has 4 aromatic rings. The summed E-state index contributed by atoms with van der Waals surface area (Å²) < 4.78 is 0. The van der Waals surface area contributed by atoms with E-state index in [4.69, 9.17) is 23.2 Å². The molecule has 0 aromatic heterocycles. The maximum atomic E-state index is 6.06. The van der Waals surface area contributed by atoms with Gasteiger partial charge in [-0.3, -0.25) is 0 Å². The fraction of sp³-hybridized carbons (Fsp3) is 0.226. The van der Waals surface area contributed by atoms with Gasteiger partial charge < -0.3 is 14.7 Å². The van der Waals surface area contributed by atoms with Gasteiger partial charge in [-0.2, -0.15) is 0 Å². The summed E-state index contributed by atoms with van der Waals surface area (Å²) in [5.41, 5.74) is 7.53. The summed E-state index contributed by atoms with van der Waals surface area (Å²) in [6, 6.07) is 39.1. The third kappa shape index (κ3) is 5.33. The van der Waals surface area contributed by atoms with Crippen molar-refractivity contribution in [1.29, 1.82) is 0 Å². The average Bonchev–Trinajstić information content (AvgIpc) is 3.22. The summed E-state index contributed by atoms with van der Waals surface area (Å²) in [5, 5.41) is 0. The molecule has 0 spiro atoms. The molecule has 0 fully saturated rings. The summed E-state index contributed by atoms with van der Waals surface area (Å²) in [4.78, 5) is 7.30. The standard InChI is InChI=1S/C31H31Cl2N3/c32-19-21-34(22-20-33)28-17-15-27(16-18-28)31-35(23-25-9-3-1-4-10-25)29-13-7-8-14-30(29)36(31)24-26-11-5-2-6-12-26/h1-18,31H,19-24H2. The van der Waals surface area contributed by atoms with Gasteiger partial charge in [-0.15, -0.1) is 23.2 Å². The van der Waals surface area contributed by atoms with Gasteiger partial charge in [-0.1, -0.05) is 84.9 Å². The van der Waals surface area contributed by atoms with E-state index in [0.29, 0.717) is 11.8 Å². The van der Waals surface area contributed by atoms with Crippen LogP contribution in [0.1, 0.15) is 22.9 Å². The van der Waals surface area contributed by atoms with Crippen molar-refractivity contribution in [3.63, 3.8) is 0 Å². The lowest BCUT2D eigenvalue weighted by Gasteiger charge is -2.34. The molecular formula is C31H31Cl2N3. The first-order valence-corrected chi connectivity index (χ1v) is 13.5. The van der Waals surface area contributed by atoms with Crippen molar-refractivity contribution >= 4 is 40.3 Å². The van der Waals surface area contributed by atoms with Crippen LogP contribution in [-0.4, -0.2) is 24.8 Å². The molecule has 0 N–H and O–H groups in total. The molecule has 0 saturated carbocycles. The van der Waals surface area contributed by atoms with Crippen LogP contribution in [0, 0.1) is 0 Å². The van der Waals surface area contributed by atoms with Crippen molar-refractivity contribution in [3.8, 4) is 0 Å². The zero-order chi connectivity index (χ0) is 24.7. The van der Waals surface area contributed by atoms with Gasteiger partial charge in [-0.25, -0.2) is 0 Å². The highest BCUT2D eigenvalue weighted by Gasteiger charge is 2.36. The molecule has 5 rings (SSSR count). The highest BCUT2D eigenvalue weighted by Crippen LogP contribution is 2.47. The van der Waals surface area contributed by atoms with Crippen molar-refractivity contribution in [2.45, 2.75) is 19.3 Å². The number of rotatable bonds is 10. The van der Waals surface area contributed by atoms with E-state index in [9.17, 15) is 0 Å². The molecule has 3 nitrogen and oxygen atoms in total. The molecule has 0 unspecified atom stereocenters. The van der Waals surface area contributed by atoms with Gasteiger partial charge in [0.25, 0.3) is 0 Å². The van der Waals surface area contributed by atoms with E-state index in [1.54, 1.807) is 0 Å². The van der Waals surface area contributed by atoms with E-state index in [1.807, 2.05) is 0 Å². The lowest BCUT2D eigenvalue weighted by Crippen LogP contribution is -2.35. The Morgan fingerprint density at radius 3 is 1.44 bits per heavy atom. The molecule has 0 bridgehead atoms. The van der Waals surface area contributed by atoms with Crippen molar-refractivity contribution in [2.24, 2.45) is 0 Å². The predicted octanol–water partition coefficient (Wildman–Crippen LogP) is 7.70. The number of benzene rings is 4. The molecule has 1 aliphatic heterocycles. The normalized spacial score (nSPS) is 13.2. The molecule has 5 heteroatoms. The Labute approximate surface area is 224 Å². The molecule has 0 aliphatic carbocycles. The van der Waals surface area contributed by atoms with E-state index >= 15 is 0 Å². The summed E-state index contributed by atoms with van der Waals surface area (Å²) in [5.74, 6) is 1.15. The van der Waals surface area contributed by atoms with Gasteiger partial charge in [0.05, 0.1) is 11.4 Å². The number of para-hydroxylation sites is 2. The van der Waals surface area contributed by atoms with Gasteiger partial charge in [0, 0.05) is 43.6 Å². The smallest absolute Gasteiger partial charge is 0.129 e. The Morgan fingerprint density at radius 2 is 1.00 bits per heavy atom. The van der Waals surface area contributed by atoms with E-state index in [-0.39, 0.29) is 6.17 Å².